The topological polar surface area (TPSA) is 62.3 Å². The van der Waals surface area contributed by atoms with Crippen LogP contribution in [0.3, 0.4) is 0 Å². The summed E-state index contributed by atoms with van der Waals surface area (Å²) >= 11 is 1.63. The molecule has 0 saturated carbocycles. The second-order valence-corrected chi connectivity index (χ2v) is 8.58. The zero-order chi connectivity index (χ0) is 16.3. The molecule has 124 valence electrons. The number of benzene rings is 1. The molecule has 0 radical (unpaired) electrons. The maximum atomic E-state index is 12.4. The number of nitrogens with zero attached hydrogens (tertiary/aromatic N) is 2. The minimum absolute atomic E-state index is 0.312. The Kier molecular flexibility index (Phi) is 4.99. The van der Waals surface area contributed by atoms with Gasteiger partial charge in [-0.2, -0.15) is 0 Å². The van der Waals surface area contributed by atoms with Gasteiger partial charge >= 0.3 is 0 Å². The quantitative estimate of drug-likeness (QED) is 0.899. The third-order valence-electron chi connectivity index (χ3n) is 4.07. The molecule has 0 bridgehead atoms. The van der Waals surface area contributed by atoms with Crippen LogP contribution in [0.1, 0.15) is 18.4 Å². The van der Waals surface area contributed by atoms with E-state index in [4.69, 9.17) is 0 Å². The minimum Gasteiger partial charge on any atom is -0.348 e. The summed E-state index contributed by atoms with van der Waals surface area (Å²) in [5, 5.41) is 3.00. The molecular weight excluding hydrogens is 330 g/mol. The van der Waals surface area contributed by atoms with Crippen LogP contribution in [0.5, 0.6) is 0 Å². The van der Waals surface area contributed by atoms with Crippen LogP contribution in [-0.2, 0) is 10.0 Å². The van der Waals surface area contributed by atoms with Gasteiger partial charge in [0.15, 0.2) is 5.13 Å². The van der Waals surface area contributed by atoms with Gasteiger partial charge in [0.25, 0.3) is 0 Å². The first-order valence-electron chi connectivity index (χ1n) is 7.75. The molecule has 1 aliphatic rings. The highest BCUT2D eigenvalue weighted by Crippen LogP contribution is 2.24. The molecule has 1 unspecified atom stereocenters. The highest BCUT2D eigenvalue weighted by molar-refractivity contribution is 7.89. The van der Waals surface area contributed by atoms with Crippen molar-refractivity contribution in [2.45, 2.75) is 24.7 Å². The van der Waals surface area contributed by atoms with E-state index < -0.39 is 10.0 Å². The number of hydrogen-bond donors (Lipinski definition) is 1. The van der Waals surface area contributed by atoms with Gasteiger partial charge in [0.05, 0.1) is 4.90 Å². The normalized spacial score (nSPS) is 19.0. The summed E-state index contributed by atoms with van der Waals surface area (Å²) < 4.78 is 27.6. The molecule has 1 N–H and O–H groups in total. The molecule has 0 aliphatic carbocycles. The number of anilines is 1. The van der Waals surface area contributed by atoms with Crippen LogP contribution < -0.4 is 9.62 Å². The Bertz CT molecular complexity index is 744. The SMILES string of the molecule is Cc1cccc(S(=O)(=O)NCC2CCCN(c3nccs3)C2)c1. The summed E-state index contributed by atoms with van der Waals surface area (Å²) in [5.41, 5.74) is 0.945. The molecule has 1 aromatic carbocycles. The fourth-order valence-corrected chi connectivity index (χ4v) is 4.77. The maximum Gasteiger partial charge on any atom is 0.240 e. The predicted octanol–water partition coefficient (Wildman–Crippen LogP) is 2.65. The lowest BCUT2D eigenvalue weighted by atomic mass is 9.99. The number of hydrogen-bond acceptors (Lipinski definition) is 5. The standard InChI is InChI=1S/C16H21N3O2S2/c1-13-4-2-6-15(10-13)23(20,21)18-11-14-5-3-8-19(12-14)16-17-7-9-22-16/h2,4,6-7,9-10,14,18H,3,5,8,11-12H2,1H3. The third-order valence-corrected chi connectivity index (χ3v) is 6.32. The van der Waals surface area contributed by atoms with Gasteiger partial charge in [-0.15, -0.1) is 11.3 Å². The summed E-state index contributed by atoms with van der Waals surface area (Å²) in [6, 6.07) is 7.00. The molecule has 3 rings (SSSR count). The molecular formula is C16H21N3O2S2. The van der Waals surface area contributed by atoms with Crippen molar-refractivity contribution in [3.05, 3.63) is 41.4 Å². The van der Waals surface area contributed by atoms with Gasteiger partial charge in [-0.1, -0.05) is 12.1 Å². The molecule has 0 amide bonds. The van der Waals surface area contributed by atoms with E-state index in [1.165, 1.54) is 0 Å². The van der Waals surface area contributed by atoms with E-state index in [0.717, 1.165) is 36.6 Å². The van der Waals surface area contributed by atoms with Gasteiger partial charge < -0.3 is 4.90 Å². The first kappa shape index (κ1) is 16.4. The Morgan fingerprint density at radius 1 is 1.43 bits per heavy atom. The molecule has 2 aromatic rings. The van der Waals surface area contributed by atoms with Crippen molar-refractivity contribution in [1.82, 2.24) is 9.71 Å². The lowest BCUT2D eigenvalue weighted by Gasteiger charge is -2.32. The van der Waals surface area contributed by atoms with Crippen LogP contribution in [0.25, 0.3) is 0 Å². The first-order valence-corrected chi connectivity index (χ1v) is 10.1. The Morgan fingerprint density at radius 3 is 3.04 bits per heavy atom. The Balaban J connectivity index is 1.61. The van der Waals surface area contributed by atoms with E-state index >= 15 is 0 Å². The van der Waals surface area contributed by atoms with Crippen molar-refractivity contribution in [3.8, 4) is 0 Å². The van der Waals surface area contributed by atoms with Crippen molar-refractivity contribution in [1.29, 1.82) is 0 Å². The minimum atomic E-state index is -3.43. The Hall–Kier alpha value is -1.44. The van der Waals surface area contributed by atoms with Gasteiger partial charge in [-0.3, -0.25) is 0 Å². The molecule has 1 fully saturated rings. The lowest BCUT2D eigenvalue weighted by Crippen LogP contribution is -2.41. The third kappa shape index (κ3) is 4.10. The van der Waals surface area contributed by atoms with Crippen molar-refractivity contribution < 1.29 is 8.42 Å². The molecule has 1 atom stereocenters. The Morgan fingerprint density at radius 2 is 2.30 bits per heavy atom. The van der Waals surface area contributed by atoms with Crippen LogP contribution in [0, 0.1) is 12.8 Å². The summed E-state index contributed by atoms with van der Waals surface area (Å²) in [4.78, 5) is 6.93. The summed E-state index contributed by atoms with van der Waals surface area (Å²) in [6.07, 6.45) is 3.92. The molecule has 2 heterocycles. The number of nitrogens with one attached hydrogen (secondary N) is 1. The molecule has 5 nitrogen and oxygen atoms in total. The summed E-state index contributed by atoms with van der Waals surface area (Å²) in [6.45, 7) is 4.21. The predicted molar refractivity (Wildman–Crippen MR) is 93.4 cm³/mol. The van der Waals surface area contributed by atoms with E-state index in [0.29, 0.717) is 17.4 Å². The van der Waals surface area contributed by atoms with Crippen LogP contribution in [0.2, 0.25) is 0 Å². The van der Waals surface area contributed by atoms with E-state index in [-0.39, 0.29) is 0 Å². The van der Waals surface area contributed by atoms with E-state index in [1.54, 1.807) is 29.5 Å². The number of aromatic nitrogens is 1. The van der Waals surface area contributed by atoms with Crippen molar-refractivity contribution in [2.75, 3.05) is 24.5 Å². The average molecular weight is 351 g/mol. The van der Waals surface area contributed by atoms with Crippen LogP contribution >= 0.6 is 11.3 Å². The molecule has 7 heteroatoms. The zero-order valence-electron chi connectivity index (χ0n) is 13.1. The van der Waals surface area contributed by atoms with E-state index in [1.807, 2.05) is 24.6 Å². The largest absolute Gasteiger partial charge is 0.348 e. The van der Waals surface area contributed by atoms with E-state index in [9.17, 15) is 8.42 Å². The van der Waals surface area contributed by atoms with Crippen molar-refractivity contribution in [3.63, 3.8) is 0 Å². The van der Waals surface area contributed by atoms with Gasteiger partial charge in [0, 0.05) is 31.2 Å². The maximum absolute atomic E-state index is 12.4. The number of aryl methyl sites for hydroxylation is 1. The Labute approximate surface area is 141 Å². The molecule has 23 heavy (non-hydrogen) atoms. The van der Waals surface area contributed by atoms with Crippen LogP contribution in [0.15, 0.2) is 40.7 Å². The van der Waals surface area contributed by atoms with Crippen molar-refractivity contribution >= 4 is 26.5 Å². The second-order valence-electron chi connectivity index (χ2n) is 5.94. The van der Waals surface area contributed by atoms with Gasteiger partial charge in [-0.05, 0) is 43.4 Å². The fraction of sp³-hybridized carbons (Fsp3) is 0.438. The monoisotopic (exact) mass is 351 g/mol. The second kappa shape index (κ2) is 6.98. The van der Waals surface area contributed by atoms with E-state index in [2.05, 4.69) is 14.6 Å². The van der Waals surface area contributed by atoms with Gasteiger partial charge in [0.1, 0.15) is 0 Å². The lowest BCUT2D eigenvalue weighted by molar-refractivity contribution is 0.410. The van der Waals surface area contributed by atoms with Gasteiger partial charge in [0.2, 0.25) is 10.0 Å². The number of sulfonamides is 1. The average Bonchev–Trinajstić information content (AvgIpc) is 3.08. The van der Waals surface area contributed by atoms with Gasteiger partial charge in [-0.25, -0.2) is 18.1 Å². The number of rotatable bonds is 5. The smallest absolute Gasteiger partial charge is 0.240 e. The fourth-order valence-electron chi connectivity index (χ4n) is 2.87. The molecule has 0 spiro atoms. The highest BCUT2D eigenvalue weighted by atomic mass is 32.2. The number of thiazole rings is 1. The number of piperidine rings is 1. The molecule has 1 saturated heterocycles. The van der Waals surface area contributed by atoms with Crippen LogP contribution in [-0.4, -0.2) is 33.0 Å². The van der Waals surface area contributed by atoms with Crippen molar-refractivity contribution in [2.24, 2.45) is 5.92 Å². The summed E-state index contributed by atoms with van der Waals surface area (Å²) in [5.74, 6) is 0.312. The van der Waals surface area contributed by atoms with Crippen LogP contribution in [0.4, 0.5) is 5.13 Å². The summed E-state index contributed by atoms with van der Waals surface area (Å²) in [7, 11) is -3.43. The zero-order valence-corrected chi connectivity index (χ0v) is 14.7. The molecule has 1 aromatic heterocycles. The molecule has 1 aliphatic heterocycles. The first-order chi connectivity index (χ1) is 11.0. The highest BCUT2D eigenvalue weighted by Gasteiger charge is 2.23.